The summed E-state index contributed by atoms with van der Waals surface area (Å²) in [4.78, 5) is 0. The fourth-order valence-electron chi connectivity index (χ4n) is 2.40. The molecule has 0 bridgehead atoms. The monoisotopic (exact) mass is 351 g/mol. The lowest BCUT2D eigenvalue weighted by atomic mass is 10.0. The van der Waals surface area contributed by atoms with Crippen LogP contribution in [0.5, 0.6) is 0 Å². The molecule has 0 radical (unpaired) electrons. The van der Waals surface area contributed by atoms with Crippen LogP contribution in [-0.2, 0) is 0 Å². The summed E-state index contributed by atoms with van der Waals surface area (Å²) in [6.07, 6.45) is 0. The van der Waals surface area contributed by atoms with Gasteiger partial charge in [-0.1, -0.05) is 15.9 Å². The second-order valence-corrected chi connectivity index (χ2v) is 5.79. The molecule has 1 unspecified atom stereocenters. The van der Waals surface area contributed by atoms with E-state index in [-0.39, 0.29) is 5.56 Å². The van der Waals surface area contributed by atoms with Crippen LogP contribution in [0.15, 0.2) is 45.3 Å². The van der Waals surface area contributed by atoms with E-state index < -0.39 is 17.7 Å². The lowest BCUT2D eigenvalue weighted by molar-refractivity contribution is 0.503. The van der Waals surface area contributed by atoms with E-state index in [1.807, 2.05) is 25.1 Å². The van der Waals surface area contributed by atoms with Crippen molar-refractivity contribution in [3.63, 3.8) is 0 Å². The zero-order valence-corrected chi connectivity index (χ0v) is 12.7. The van der Waals surface area contributed by atoms with Gasteiger partial charge in [-0.3, -0.25) is 0 Å². The third-order valence-corrected chi connectivity index (χ3v) is 4.00. The predicted molar refractivity (Wildman–Crippen MR) is 81.0 cm³/mol. The number of aryl methyl sites for hydroxylation is 1. The van der Waals surface area contributed by atoms with E-state index in [2.05, 4.69) is 15.9 Å². The molecule has 1 aromatic heterocycles. The Bertz CT molecular complexity index is 829. The maximum atomic E-state index is 13.9. The van der Waals surface area contributed by atoms with E-state index in [0.717, 1.165) is 33.6 Å². The van der Waals surface area contributed by atoms with Crippen LogP contribution < -0.4 is 5.73 Å². The van der Waals surface area contributed by atoms with Crippen LogP contribution in [0.3, 0.4) is 0 Å². The van der Waals surface area contributed by atoms with Crippen molar-refractivity contribution in [3.05, 3.63) is 69.4 Å². The molecule has 3 aromatic rings. The first-order valence-corrected chi connectivity index (χ1v) is 7.15. The first-order chi connectivity index (χ1) is 9.97. The summed E-state index contributed by atoms with van der Waals surface area (Å²) < 4.78 is 33.8. The Morgan fingerprint density at radius 1 is 1.14 bits per heavy atom. The third kappa shape index (κ3) is 2.47. The van der Waals surface area contributed by atoms with Crippen LogP contribution in [0, 0.1) is 18.6 Å². The van der Waals surface area contributed by atoms with E-state index in [4.69, 9.17) is 10.2 Å². The second kappa shape index (κ2) is 5.24. The van der Waals surface area contributed by atoms with Gasteiger partial charge in [-0.15, -0.1) is 0 Å². The van der Waals surface area contributed by atoms with Crippen molar-refractivity contribution in [2.24, 2.45) is 5.73 Å². The standard InChI is InChI=1S/C16H12BrF2NO/c1-8-11-6-9(17)2-5-14(11)21-16(8)15(20)12-7-10(18)3-4-13(12)19/h2-7,15H,20H2,1H3. The molecule has 0 aliphatic rings. The molecule has 0 saturated heterocycles. The van der Waals surface area contributed by atoms with Crippen LogP contribution >= 0.6 is 15.9 Å². The molecule has 0 saturated carbocycles. The smallest absolute Gasteiger partial charge is 0.134 e. The van der Waals surface area contributed by atoms with E-state index in [0.29, 0.717) is 11.3 Å². The molecular weight excluding hydrogens is 340 g/mol. The van der Waals surface area contributed by atoms with Gasteiger partial charge in [0.15, 0.2) is 0 Å². The molecular formula is C16H12BrF2NO. The SMILES string of the molecule is Cc1c(C(N)c2cc(F)ccc2F)oc2ccc(Br)cc12. The molecule has 21 heavy (non-hydrogen) atoms. The van der Waals surface area contributed by atoms with E-state index in [1.165, 1.54) is 0 Å². The topological polar surface area (TPSA) is 39.2 Å². The van der Waals surface area contributed by atoms with Gasteiger partial charge < -0.3 is 10.2 Å². The Hall–Kier alpha value is -1.72. The van der Waals surface area contributed by atoms with Crippen LogP contribution in [-0.4, -0.2) is 0 Å². The highest BCUT2D eigenvalue weighted by atomic mass is 79.9. The minimum absolute atomic E-state index is 0.0798. The second-order valence-electron chi connectivity index (χ2n) is 4.88. The summed E-state index contributed by atoms with van der Waals surface area (Å²) in [5, 5.41) is 0.895. The van der Waals surface area contributed by atoms with E-state index in [1.54, 1.807) is 0 Å². The molecule has 108 valence electrons. The number of hydrogen-bond donors (Lipinski definition) is 1. The Morgan fingerprint density at radius 2 is 1.90 bits per heavy atom. The van der Waals surface area contributed by atoms with Crippen molar-refractivity contribution >= 4 is 26.9 Å². The minimum atomic E-state index is -0.855. The molecule has 0 fully saturated rings. The average Bonchev–Trinajstić information content (AvgIpc) is 2.78. The van der Waals surface area contributed by atoms with Crippen molar-refractivity contribution in [2.75, 3.05) is 0 Å². The summed E-state index contributed by atoms with van der Waals surface area (Å²) in [6, 6.07) is 7.95. The predicted octanol–water partition coefficient (Wildman–Crippen LogP) is 4.83. The van der Waals surface area contributed by atoms with Crippen molar-refractivity contribution < 1.29 is 13.2 Å². The fourth-order valence-corrected chi connectivity index (χ4v) is 2.76. The van der Waals surface area contributed by atoms with Crippen molar-refractivity contribution in [1.29, 1.82) is 0 Å². The van der Waals surface area contributed by atoms with Crippen molar-refractivity contribution in [1.82, 2.24) is 0 Å². The quantitative estimate of drug-likeness (QED) is 0.718. The van der Waals surface area contributed by atoms with Gasteiger partial charge in [-0.05, 0) is 43.3 Å². The lowest BCUT2D eigenvalue weighted by Crippen LogP contribution is -2.14. The summed E-state index contributed by atoms with van der Waals surface area (Å²) in [5.41, 5.74) is 7.64. The fraction of sp³-hybridized carbons (Fsp3) is 0.125. The van der Waals surface area contributed by atoms with Gasteiger partial charge in [0.1, 0.15) is 23.0 Å². The van der Waals surface area contributed by atoms with Gasteiger partial charge in [0.25, 0.3) is 0 Å². The number of nitrogens with two attached hydrogens (primary N) is 1. The number of benzene rings is 2. The Kier molecular flexibility index (Phi) is 3.55. The summed E-state index contributed by atoms with van der Waals surface area (Å²) in [7, 11) is 0. The largest absolute Gasteiger partial charge is 0.459 e. The van der Waals surface area contributed by atoms with Crippen LogP contribution in [0.25, 0.3) is 11.0 Å². The van der Waals surface area contributed by atoms with Crippen LogP contribution in [0.4, 0.5) is 8.78 Å². The molecule has 3 rings (SSSR count). The maximum Gasteiger partial charge on any atom is 0.134 e. The molecule has 2 N–H and O–H groups in total. The van der Waals surface area contributed by atoms with Crippen molar-refractivity contribution in [3.8, 4) is 0 Å². The van der Waals surface area contributed by atoms with Gasteiger partial charge in [0.2, 0.25) is 0 Å². The molecule has 0 aliphatic carbocycles. The normalized spacial score (nSPS) is 12.8. The van der Waals surface area contributed by atoms with Crippen LogP contribution in [0.1, 0.15) is 22.9 Å². The minimum Gasteiger partial charge on any atom is -0.459 e. The lowest BCUT2D eigenvalue weighted by Gasteiger charge is -2.11. The number of rotatable bonds is 2. The maximum absolute atomic E-state index is 13.9. The van der Waals surface area contributed by atoms with Crippen molar-refractivity contribution in [2.45, 2.75) is 13.0 Å². The number of furan rings is 1. The Labute approximate surface area is 128 Å². The molecule has 5 heteroatoms. The van der Waals surface area contributed by atoms with Gasteiger partial charge in [0.05, 0.1) is 6.04 Å². The van der Waals surface area contributed by atoms with Gasteiger partial charge in [0, 0.05) is 21.0 Å². The van der Waals surface area contributed by atoms with Gasteiger partial charge in [-0.2, -0.15) is 0 Å². The zero-order valence-electron chi connectivity index (χ0n) is 11.2. The highest BCUT2D eigenvalue weighted by molar-refractivity contribution is 9.10. The zero-order chi connectivity index (χ0) is 15.1. The summed E-state index contributed by atoms with van der Waals surface area (Å²) in [6.45, 7) is 1.85. The Morgan fingerprint density at radius 3 is 2.67 bits per heavy atom. The Balaban J connectivity index is 2.15. The van der Waals surface area contributed by atoms with E-state index in [9.17, 15) is 8.78 Å². The third-order valence-electron chi connectivity index (χ3n) is 3.51. The van der Waals surface area contributed by atoms with Gasteiger partial charge >= 0.3 is 0 Å². The van der Waals surface area contributed by atoms with Gasteiger partial charge in [-0.25, -0.2) is 8.78 Å². The van der Waals surface area contributed by atoms with Crippen LogP contribution in [0.2, 0.25) is 0 Å². The number of fused-ring (bicyclic) bond motifs is 1. The molecule has 2 nitrogen and oxygen atoms in total. The molecule has 0 spiro atoms. The first kappa shape index (κ1) is 14.2. The summed E-state index contributed by atoms with van der Waals surface area (Å²) in [5.74, 6) is -0.643. The molecule has 2 aromatic carbocycles. The average molecular weight is 352 g/mol. The highest BCUT2D eigenvalue weighted by Gasteiger charge is 2.22. The van der Waals surface area contributed by atoms with E-state index >= 15 is 0 Å². The highest BCUT2D eigenvalue weighted by Crippen LogP contribution is 2.33. The first-order valence-electron chi connectivity index (χ1n) is 6.36. The summed E-state index contributed by atoms with van der Waals surface area (Å²) >= 11 is 3.40. The molecule has 0 amide bonds. The number of halogens is 3. The molecule has 1 atom stereocenters. The number of hydrogen-bond acceptors (Lipinski definition) is 2. The molecule has 0 aliphatic heterocycles. The molecule has 1 heterocycles.